The summed E-state index contributed by atoms with van der Waals surface area (Å²) in [6, 6.07) is 4.67. The minimum absolute atomic E-state index is 0.0121. The van der Waals surface area contributed by atoms with Crippen molar-refractivity contribution in [2.45, 2.75) is 39.8 Å². The van der Waals surface area contributed by atoms with E-state index in [0.29, 0.717) is 28.6 Å². The maximum absolute atomic E-state index is 11.2. The molecule has 0 bridgehead atoms. The summed E-state index contributed by atoms with van der Waals surface area (Å²) in [6.07, 6.45) is 1.71. The molecule has 1 aromatic carbocycles. The second-order valence-electron chi connectivity index (χ2n) is 7.53. The van der Waals surface area contributed by atoms with Crippen molar-refractivity contribution in [1.29, 1.82) is 0 Å². The second kappa shape index (κ2) is 8.85. The van der Waals surface area contributed by atoms with E-state index in [1.165, 1.54) is 12.1 Å². The molecule has 0 radical (unpaired) electrons. The molecule has 0 aliphatic heterocycles. The molecule has 0 fully saturated rings. The molecule has 3 aromatic rings. The number of hydrogen-bond donors (Lipinski definition) is 4. The number of aliphatic hydroxyl groups is 1. The van der Waals surface area contributed by atoms with Crippen molar-refractivity contribution >= 4 is 46.2 Å². The lowest BCUT2D eigenvalue weighted by Crippen LogP contribution is -2.27. The zero-order valence-corrected chi connectivity index (χ0v) is 18.0. The molecule has 30 heavy (non-hydrogen) atoms. The number of rotatable bonds is 8. The Bertz CT molecular complexity index is 1070. The Morgan fingerprint density at radius 3 is 2.57 bits per heavy atom. The van der Waals surface area contributed by atoms with E-state index in [0.717, 1.165) is 0 Å². The van der Waals surface area contributed by atoms with Gasteiger partial charge in [-0.05, 0) is 44.9 Å². The van der Waals surface area contributed by atoms with E-state index in [9.17, 15) is 9.90 Å². The van der Waals surface area contributed by atoms with Crippen LogP contribution < -0.4 is 10.6 Å². The highest BCUT2D eigenvalue weighted by atomic mass is 35.5. The van der Waals surface area contributed by atoms with Crippen molar-refractivity contribution in [3.05, 3.63) is 35.1 Å². The van der Waals surface area contributed by atoms with Gasteiger partial charge in [-0.1, -0.05) is 18.5 Å². The predicted molar refractivity (Wildman–Crippen MR) is 117 cm³/mol. The maximum Gasteiger partial charge on any atom is 0.337 e. The van der Waals surface area contributed by atoms with Crippen molar-refractivity contribution in [3.63, 3.8) is 0 Å². The molecule has 0 aliphatic carbocycles. The minimum Gasteiger partial charge on any atom is -0.478 e. The Morgan fingerprint density at radius 1 is 1.23 bits per heavy atom. The molecule has 0 saturated heterocycles. The molecule has 0 amide bonds. The first-order valence-electron chi connectivity index (χ1n) is 9.63. The molecule has 3 rings (SSSR count). The van der Waals surface area contributed by atoms with Crippen LogP contribution in [0.2, 0.25) is 5.02 Å². The quantitative estimate of drug-likeness (QED) is 0.422. The van der Waals surface area contributed by atoms with Crippen LogP contribution in [0.1, 0.15) is 44.1 Å². The number of carboxylic acids is 1. The summed E-state index contributed by atoms with van der Waals surface area (Å²) in [6.45, 7) is 7.99. The highest BCUT2D eigenvalue weighted by molar-refractivity contribution is 6.33. The van der Waals surface area contributed by atoms with Gasteiger partial charge in [-0.3, -0.25) is 0 Å². The third-order valence-electron chi connectivity index (χ3n) is 4.94. The SMILES string of the molecule is CC(CO)[C@@H](C)Nc1nc(Nc2ccc(C(=O)O)c(Cl)c2)c2ncn(C(C)C)c2n1. The van der Waals surface area contributed by atoms with Gasteiger partial charge in [-0.15, -0.1) is 0 Å². The Labute approximate surface area is 179 Å². The largest absolute Gasteiger partial charge is 0.478 e. The molecule has 4 N–H and O–H groups in total. The number of aliphatic hydroxyl groups excluding tert-OH is 1. The molecule has 9 nitrogen and oxygen atoms in total. The number of nitrogens with one attached hydrogen (secondary N) is 2. The van der Waals surface area contributed by atoms with Crippen LogP contribution in [0.4, 0.5) is 17.5 Å². The van der Waals surface area contributed by atoms with Crippen LogP contribution in [0.15, 0.2) is 24.5 Å². The van der Waals surface area contributed by atoms with Crippen LogP contribution in [0.3, 0.4) is 0 Å². The van der Waals surface area contributed by atoms with Crippen molar-refractivity contribution in [3.8, 4) is 0 Å². The predicted octanol–water partition coefficient (Wildman–Crippen LogP) is 3.93. The number of imidazole rings is 1. The van der Waals surface area contributed by atoms with Crippen molar-refractivity contribution < 1.29 is 15.0 Å². The van der Waals surface area contributed by atoms with Gasteiger partial charge in [0.05, 0.1) is 16.9 Å². The highest BCUT2D eigenvalue weighted by Crippen LogP contribution is 2.28. The number of nitrogens with zero attached hydrogens (tertiary/aromatic N) is 4. The van der Waals surface area contributed by atoms with Crippen LogP contribution in [0, 0.1) is 5.92 Å². The molecule has 10 heteroatoms. The van der Waals surface area contributed by atoms with Crippen molar-refractivity contribution in [1.82, 2.24) is 19.5 Å². The Balaban J connectivity index is 2.04. The van der Waals surface area contributed by atoms with E-state index in [1.54, 1.807) is 12.4 Å². The summed E-state index contributed by atoms with van der Waals surface area (Å²) in [5.41, 5.74) is 1.83. The van der Waals surface area contributed by atoms with Gasteiger partial charge < -0.3 is 25.4 Å². The van der Waals surface area contributed by atoms with Crippen molar-refractivity contribution in [2.75, 3.05) is 17.2 Å². The molecule has 0 aliphatic rings. The first-order valence-corrected chi connectivity index (χ1v) is 10.0. The molecular weight excluding hydrogens is 408 g/mol. The number of fused-ring (bicyclic) bond motifs is 1. The lowest BCUT2D eigenvalue weighted by molar-refractivity contribution is 0.0697. The third-order valence-corrected chi connectivity index (χ3v) is 5.25. The van der Waals surface area contributed by atoms with Gasteiger partial charge >= 0.3 is 5.97 Å². The minimum atomic E-state index is -1.09. The Kier molecular flexibility index (Phi) is 6.42. The molecule has 0 saturated carbocycles. The number of anilines is 3. The average Bonchev–Trinajstić information content (AvgIpc) is 3.11. The summed E-state index contributed by atoms with van der Waals surface area (Å²) in [5, 5.41) is 25.1. The number of carbonyl (C=O) groups is 1. The van der Waals surface area contributed by atoms with E-state index in [4.69, 9.17) is 16.7 Å². The first kappa shape index (κ1) is 21.8. The molecule has 2 aromatic heterocycles. The Hall–Kier alpha value is -2.91. The summed E-state index contributed by atoms with van der Waals surface area (Å²) < 4.78 is 1.94. The Morgan fingerprint density at radius 2 is 1.97 bits per heavy atom. The lowest BCUT2D eigenvalue weighted by Gasteiger charge is -2.20. The van der Waals surface area contributed by atoms with Gasteiger partial charge in [0.2, 0.25) is 5.95 Å². The van der Waals surface area contributed by atoms with Crippen LogP contribution >= 0.6 is 11.6 Å². The van der Waals surface area contributed by atoms with Crippen LogP contribution in [0.25, 0.3) is 11.2 Å². The summed E-state index contributed by atoms with van der Waals surface area (Å²) >= 11 is 6.10. The fourth-order valence-electron chi connectivity index (χ4n) is 2.85. The van der Waals surface area contributed by atoms with E-state index in [1.807, 2.05) is 32.3 Å². The number of halogens is 1. The van der Waals surface area contributed by atoms with Gasteiger partial charge in [0.1, 0.15) is 0 Å². The molecular formula is C20H25ClN6O3. The number of benzene rings is 1. The van der Waals surface area contributed by atoms with Crippen LogP contribution in [-0.4, -0.2) is 48.4 Å². The monoisotopic (exact) mass is 432 g/mol. The number of carboxylic acid groups (broad SMARTS) is 1. The first-order chi connectivity index (χ1) is 14.2. The fraction of sp³-hybridized carbons (Fsp3) is 0.400. The molecule has 1 unspecified atom stereocenters. The van der Waals surface area contributed by atoms with Gasteiger partial charge in [0, 0.05) is 24.4 Å². The van der Waals surface area contributed by atoms with Gasteiger partial charge in [-0.25, -0.2) is 9.78 Å². The van der Waals surface area contributed by atoms with Crippen LogP contribution in [0.5, 0.6) is 0 Å². The topological polar surface area (TPSA) is 125 Å². The van der Waals surface area contributed by atoms with E-state index in [2.05, 4.69) is 25.6 Å². The second-order valence-corrected chi connectivity index (χ2v) is 7.94. The van der Waals surface area contributed by atoms with Gasteiger partial charge in [0.15, 0.2) is 17.0 Å². The smallest absolute Gasteiger partial charge is 0.337 e. The maximum atomic E-state index is 11.2. The number of hydrogen-bond acceptors (Lipinski definition) is 7. The van der Waals surface area contributed by atoms with Gasteiger partial charge in [0.25, 0.3) is 0 Å². The summed E-state index contributed by atoms with van der Waals surface area (Å²) in [7, 11) is 0. The fourth-order valence-corrected chi connectivity index (χ4v) is 3.11. The highest BCUT2D eigenvalue weighted by Gasteiger charge is 2.18. The molecule has 2 heterocycles. The lowest BCUT2D eigenvalue weighted by atomic mass is 10.1. The molecule has 0 spiro atoms. The summed E-state index contributed by atoms with van der Waals surface area (Å²) in [5.74, 6) is -0.221. The van der Waals surface area contributed by atoms with E-state index in [-0.39, 0.29) is 35.2 Å². The van der Waals surface area contributed by atoms with Crippen LogP contribution in [-0.2, 0) is 0 Å². The zero-order valence-electron chi connectivity index (χ0n) is 17.2. The molecule has 160 valence electrons. The van der Waals surface area contributed by atoms with Crippen molar-refractivity contribution in [2.24, 2.45) is 5.92 Å². The van der Waals surface area contributed by atoms with Gasteiger partial charge in [-0.2, -0.15) is 9.97 Å². The number of aromatic nitrogens is 4. The number of aromatic carboxylic acids is 1. The average molecular weight is 433 g/mol. The third kappa shape index (κ3) is 4.47. The standard InChI is InChI=1S/C20H25ClN6O3/c1-10(2)27-9-22-16-17(24-13-5-6-14(19(29)30)15(21)7-13)25-20(26-18(16)27)23-12(4)11(3)8-28/h5-7,9-12,28H,8H2,1-4H3,(H,29,30)(H2,23,24,25,26)/t11?,12-/m1/s1. The van der Waals surface area contributed by atoms with E-state index >= 15 is 0 Å². The van der Waals surface area contributed by atoms with E-state index < -0.39 is 5.97 Å². The summed E-state index contributed by atoms with van der Waals surface area (Å²) in [4.78, 5) is 24.8. The molecule has 2 atom stereocenters. The zero-order chi connectivity index (χ0) is 22.0. The normalized spacial score (nSPS) is 13.4.